The zero-order valence-corrected chi connectivity index (χ0v) is 23.9. The Morgan fingerprint density at radius 2 is 1.60 bits per heavy atom. The maximum atomic E-state index is 13.4. The van der Waals surface area contributed by atoms with Gasteiger partial charge >= 0.3 is 6.03 Å². The Bertz CT molecular complexity index is 1170. The van der Waals surface area contributed by atoms with Crippen molar-refractivity contribution in [2.45, 2.75) is 64.0 Å². The lowest BCUT2D eigenvalue weighted by atomic mass is 9.67. The molecule has 226 valence electrons. The number of primary amides is 1. The molecule has 0 unspecified atom stereocenters. The normalized spacial score (nSPS) is 16.0. The van der Waals surface area contributed by atoms with Gasteiger partial charge < -0.3 is 31.7 Å². The highest BCUT2D eigenvalue weighted by molar-refractivity contribution is 6.12. The van der Waals surface area contributed by atoms with Crippen LogP contribution in [0.4, 0.5) is 10.5 Å². The fourth-order valence-corrected chi connectivity index (χ4v) is 4.85. The lowest BCUT2D eigenvalue weighted by Crippen LogP contribution is -2.58. The van der Waals surface area contributed by atoms with Gasteiger partial charge in [-0.2, -0.15) is 0 Å². The number of amides is 7. The van der Waals surface area contributed by atoms with Crippen molar-refractivity contribution < 1.29 is 33.4 Å². The summed E-state index contributed by atoms with van der Waals surface area (Å²) in [6.45, 7) is 1.32. The molecular weight excluding hydrogens is 543 g/mol. The van der Waals surface area contributed by atoms with E-state index in [1.54, 1.807) is 20.2 Å². The largest absolute Gasteiger partial charge is 0.440 e. The predicted octanol–water partition coefficient (Wildman–Crippen LogP) is 0.00490. The monoisotopic (exact) mass is 582 g/mol. The van der Waals surface area contributed by atoms with Crippen LogP contribution in [0.1, 0.15) is 56.9 Å². The van der Waals surface area contributed by atoms with Crippen LogP contribution >= 0.6 is 0 Å². The SMILES string of the molecule is BOCc1ccc(NC(=O)[C@H](CCCNC(N)=O)NC(=O)C2(C(=O)NCCCCCN3C(=O)C=CC3=O)CCC2)cc1. The maximum Gasteiger partial charge on any atom is 0.312 e. The Balaban J connectivity index is 1.53. The highest BCUT2D eigenvalue weighted by atomic mass is 16.4. The van der Waals surface area contributed by atoms with Gasteiger partial charge in [-0.3, -0.25) is 28.9 Å². The molecule has 42 heavy (non-hydrogen) atoms. The number of carbonyl (C=O) groups is 6. The molecule has 13 nitrogen and oxygen atoms in total. The Kier molecular flexibility index (Phi) is 12.1. The van der Waals surface area contributed by atoms with Crippen LogP contribution in [0, 0.1) is 5.41 Å². The Morgan fingerprint density at radius 3 is 2.19 bits per heavy atom. The summed E-state index contributed by atoms with van der Waals surface area (Å²) in [5.41, 5.74) is 5.34. The summed E-state index contributed by atoms with van der Waals surface area (Å²) >= 11 is 0. The summed E-state index contributed by atoms with van der Waals surface area (Å²) in [7, 11) is 1.59. The number of nitrogens with zero attached hydrogens (tertiary/aromatic N) is 1. The standard InChI is InChI=1S/C28H39BN6O7/c29-42-18-19-7-9-20(10-8-19)33-24(38)21(6-4-16-32-27(30)41)34-26(40)28(13-5-14-28)25(39)31-15-2-1-3-17-35-22(36)11-12-23(35)37/h7-12,21H,1-6,13-18,29H2,(H,31,39)(H,33,38)(H,34,40)(H3,30,32,41)/t21-/m0/s1. The molecule has 0 saturated heterocycles. The second-order valence-electron chi connectivity index (χ2n) is 10.5. The molecule has 1 aliphatic carbocycles. The molecule has 3 rings (SSSR count). The minimum Gasteiger partial charge on any atom is -0.440 e. The fourth-order valence-electron chi connectivity index (χ4n) is 4.85. The zero-order valence-electron chi connectivity index (χ0n) is 23.9. The van der Waals surface area contributed by atoms with Gasteiger partial charge in [0.15, 0.2) is 0 Å². The second kappa shape index (κ2) is 15.7. The van der Waals surface area contributed by atoms with E-state index in [0.29, 0.717) is 70.3 Å². The van der Waals surface area contributed by atoms with Crippen molar-refractivity contribution in [2.24, 2.45) is 11.1 Å². The molecule has 1 saturated carbocycles. The lowest BCUT2D eigenvalue weighted by Gasteiger charge is -2.39. The third-order valence-corrected chi connectivity index (χ3v) is 7.44. The molecule has 1 atom stereocenters. The molecule has 1 aromatic carbocycles. The number of hydrogen-bond acceptors (Lipinski definition) is 7. The average molecular weight is 582 g/mol. The van der Waals surface area contributed by atoms with Crippen molar-refractivity contribution in [3.05, 3.63) is 42.0 Å². The van der Waals surface area contributed by atoms with Crippen molar-refractivity contribution in [1.82, 2.24) is 20.9 Å². The van der Waals surface area contributed by atoms with Gasteiger partial charge in [0.25, 0.3) is 19.9 Å². The van der Waals surface area contributed by atoms with Gasteiger partial charge in [0.2, 0.25) is 17.7 Å². The second-order valence-corrected chi connectivity index (χ2v) is 10.5. The molecule has 0 radical (unpaired) electrons. The Morgan fingerprint density at radius 1 is 0.929 bits per heavy atom. The first-order valence-electron chi connectivity index (χ1n) is 14.2. The van der Waals surface area contributed by atoms with Crippen LogP contribution < -0.4 is 27.0 Å². The third kappa shape index (κ3) is 8.90. The maximum absolute atomic E-state index is 13.4. The van der Waals surface area contributed by atoms with Crippen LogP contribution in [0.2, 0.25) is 0 Å². The van der Waals surface area contributed by atoms with E-state index in [4.69, 9.17) is 10.4 Å². The quantitative estimate of drug-likeness (QED) is 0.0740. The van der Waals surface area contributed by atoms with Crippen LogP contribution in [0.15, 0.2) is 36.4 Å². The summed E-state index contributed by atoms with van der Waals surface area (Å²) in [5.74, 6) is -1.97. The molecule has 1 fully saturated rings. The smallest absolute Gasteiger partial charge is 0.312 e. The first kappa shape index (κ1) is 32.3. The topological polar surface area (TPSA) is 189 Å². The number of nitrogens with one attached hydrogen (secondary N) is 4. The zero-order chi connectivity index (χ0) is 30.5. The number of imide groups is 1. The molecule has 0 bridgehead atoms. The van der Waals surface area contributed by atoms with Gasteiger partial charge in [0.1, 0.15) is 11.5 Å². The summed E-state index contributed by atoms with van der Waals surface area (Å²) in [6.07, 6.45) is 6.45. The minimum absolute atomic E-state index is 0.217. The van der Waals surface area contributed by atoms with Gasteiger partial charge in [-0.25, -0.2) is 4.79 Å². The minimum atomic E-state index is -1.26. The molecule has 2 aliphatic rings. The lowest BCUT2D eigenvalue weighted by molar-refractivity contribution is -0.151. The van der Waals surface area contributed by atoms with E-state index in [1.165, 1.54) is 17.1 Å². The van der Waals surface area contributed by atoms with Crippen molar-refractivity contribution in [1.29, 1.82) is 0 Å². The van der Waals surface area contributed by atoms with Crippen LogP contribution in [0.25, 0.3) is 0 Å². The number of rotatable bonds is 17. The van der Waals surface area contributed by atoms with Crippen LogP contribution in [-0.2, 0) is 35.2 Å². The molecule has 6 N–H and O–H groups in total. The van der Waals surface area contributed by atoms with Gasteiger partial charge in [0, 0.05) is 37.5 Å². The Hall–Kier alpha value is -4.20. The van der Waals surface area contributed by atoms with E-state index in [1.807, 2.05) is 12.1 Å². The van der Waals surface area contributed by atoms with Gasteiger partial charge in [0.05, 0.1) is 6.61 Å². The summed E-state index contributed by atoms with van der Waals surface area (Å²) in [4.78, 5) is 75.2. The van der Waals surface area contributed by atoms with Crippen molar-refractivity contribution in [2.75, 3.05) is 25.0 Å². The number of urea groups is 1. The molecule has 1 aromatic rings. The van der Waals surface area contributed by atoms with Crippen LogP contribution in [-0.4, -0.2) is 74.2 Å². The van der Waals surface area contributed by atoms with E-state index in [-0.39, 0.29) is 30.7 Å². The van der Waals surface area contributed by atoms with E-state index in [9.17, 15) is 28.8 Å². The number of unbranched alkanes of at least 4 members (excludes halogenated alkanes) is 2. The molecule has 0 spiro atoms. The average Bonchev–Trinajstić information content (AvgIpc) is 3.24. The van der Waals surface area contributed by atoms with E-state index in [2.05, 4.69) is 21.3 Å². The molecular formula is C28H39BN6O7. The van der Waals surface area contributed by atoms with E-state index < -0.39 is 29.3 Å². The van der Waals surface area contributed by atoms with Crippen LogP contribution in [0.5, 0.6) is 0 Å². The first-order valence-corrected chi connectivity index (χ1v) is 14.2. The van der Waals surface area contributed by atoms with Gasteiger partial charge in [-0.15, -0.1) is 0 Å². The summed E-state index contributed by atoms with van der Waals surface area (Å²) < 4.78 is 5.11. The third-order valence-electron chi connectivity index (χ3n) is 7.44. The molecule has 14 heteroatoms. The molecule has 7 amide bonds. The first-order chi connectivity index (χ1) is 20.2. The number of nitrogens with two attached hydrogens (primary N) is 1. The number of anilines is 1. The molecule has 0 aromatic heterocycles. The highest BCUT2D eigenvalue weighted by Crippen LogP contribution is 2.41. The van der Waals surface area contributed by atoms with Crippen molar-refractivity contribution >= 4 is 49.3 Å². The fraction of sp³-hybridized carbons (Fsp3) is 0.500. The van der Waals surface area contributed by atoms with Crippen molar-refractivity contribution in [3.8, 4) is 0 Å². The number of carbonyl (C=O) groups excluding carboxylic acids is 6. The molecule has 1 aliphatic heterocycles. The summed E-state index contributed by atoms with van der Waals surface area (Å²) in [5, 5.41) is 10.9. The number of hydrogen-bond donors (Lipinski definition) is 5. The highest BCUT2D eigenvalue weighted by Gasteiger charge is 2.51. The number of benzene rings is 1. The van der Waals surface area contributed by atoms with Gasteiger partial charge in [-0.1, -0.05) is 18.6 Å². The van der Waals surface area contributed by atoms with Crippen molar-refractivity contribution in [3.63, 3.8) is 0 Å². The molecule has 1 heterocycles. The van der Waals surface area contributed by atoms with Crippen LogP contribution in [0.3, 0.4) is 0 Å². The predicted molar refractivity (Wildman–Crippen MR) is 156 cm³/mol. The Labute approximate surface area is 245 Å². The van der Waals surface area contributed by atoms with Gasteiger partial charge in [-0.05, 0) is 62.6 Å². The summed E-state index contributed by atoms with van der Waals surface area (Å²) in [6, 6.07) is 5.48. The van der Waals surface area contributed by atoms with E-state index in [0.717, 1.165) is 5.56 Å². The van der Waals surface area contributed by atoms with E-state index >= 15 is 0 Å².